The zero-order valence-electron chi connectivity index (χ0n) is 15.9. The molecule has 0 aliphatic carbocycles. The molecular formula is C23H17BrN2O2S. The summed E-state index contributed by atoms with van der Waals surface area (Å²) in [6, 6.07) is 15.5. The zero-order chi connectivity index (χ0) is 20.3. The largest absolute Gasteiger partial charge is 0.507 e. The molecule has 0 fully saturated rings. The van der Waals surface area contributed by atoms with Gasteiger partial charge in [0.05, 0.1) is 17.5 Å². The zero-order valence-corrected chi connectivity index (χ0v) is 18.3. The third kappa shape index (κ3) is 2.78. The van der Waals surface area contributed by atoms with Gasteiger partial charge in [-0.3, -0.25) is 4.79 Å². The molecule has 2 aromatic heterocycles. The molecule has 144 valence electrons. The van der Waals surface area contributed by atoms with E-state index in [0.29, 0.717) is 28.9 Å². The number of fused-ring (bicyclic) bond motifs is 4. The SMILES string of the molecule is Cc1sc2c(c1C)c(=O)nc1n2Cc2ccccc2/C1=C(\O)c1ccc(Br)cc1. The second-order valence-electron chi connectivity index (χ2n) is 7.18. The second-order valence-corrected chi connectivity index (χ2v) is 9.30. The summed E-state index contributed by atoms with van der Waals surface area (Å²) in [5, 5.41) is 11.9. The molecule has 29 heavy (non-hydrogen) atoms. The third-order valence-corrected chi connectivity index (χ3v) is 7.24. The van der Waals surface area contributed by atoms with Gasteiger partial charge in [-0.15, -0.1) is 11.3 Å². The van der Waals surface area contributed by atoms with E-state index < -0.39 is 0 Å². The molecule has 6 heteroatoms. The minimum absolute atomic E-state index is 0.120. The molecule has 4 nitrogen and oxygen atoms in total. The molecule has 1 aliphatic rings. The number of nitrogens with zero attached hydrogens (tertiary/aromatic N) is 2. The quantitative estimate of drug-likeness (QED) is 0.325. The number of hydrogen-bond acceptors (Lipinski definition) is 4. The maximum Gasteiger partial charge on any atom is 0.282 e. The van der Waals surface area contributed by atoms with Crippen molar-refractivity contribution in [2.75, 3.05) is 0 Å². The number of aromatic nitrogens is 2. The smallest absolute Gasteiger partial charge is 0.282 e. The van der Waals surface area contributed by atoms with Gasteiger partial charge in [-0.05, 0) is 42.7 Å². The molecule has 0 saturated heterocycles. The van der Waals surface area contributed by atoms with Crippen LogP contribution in [0, 0.1) is 13.8 Å². The Morgan fingerprint density at radius 2 is 1.86 bits per heavy atom. The fourth-order valence-electron chi connectivity index (χ4n) is 3.88. The van der Waals surface area contributed by atoms with E-state index >= 15 is 0 Å². The molecule has 4 aromatic rings. The van der Waals surface area contributed by atoms with Crippen molar-refractivity contribution in [2.24, 2.45) is 0 Å². The topological polar surface area (TPSA) is 55.1 Å². The van der Waals surface area contributed by atoms with Crippen LogP contribution in [0.5, 0.6) is 0 Å². The Morgan fingerprint density at radius 3 is 2.62 bits per heavy atom. The van der Waals surface area contributed by atoms with Gasteiger partial charge in [-0.25, -0.2) is 0 Å². The highest BCUT2D eigenvalue weighted by atomic mass is 79.9. The Bertz CT molecular complexity index is 1380. The van der Waals surface area contributed by atoms with Gasteiger partial charge in [0, 0.05) is 14.9 Å². The van der Waals surface area contributed by atoms with Crippen molar-refractivity contribution in [3.8, 4) is 0 Å². The summed E-state index contributed by atoms with van der Waals surface area (Å²) >= 11 is 5.04. The normalized spacial score (nSPS) is 14.6. The highest BCUT2D eigenvalue weighted by molar-refractivity contribution is 9.10. The molecule has 0 bridgehead atoms. The van der Waals surface area contributed by atoms with Gasteiger partial charge in [-0.2, -0.15) is 4.98 Å². The summed E-state index contributed by atoms with van der Waals surface area (Å²) in [5.74, 6) is 0.637. The van der Waals surface area contributed by atoms with E-state index in [1.54, 1.807) is 11.3 Å². The van der Waals surface area contributed by atoms with Crippen LogP contribution in [0.1, 0.15) is 33.0 Å². The molecule has 0 saturated carbocycles. The lowest BCUT2D eigenvalue weighted by Crippen LogP contribution is -2.23. The lowest BCUT2D eigenvalue weighted by molar-refractivity contribution is 0.512. The minimum Gasteiger partial charge on any atom is -0.507 e. The van der Waals surface area contributed by atoms with Gasteiger partial charge < -0.3 is 9.67 Å². The van der Waals surface area contributed by atoms with Gasteiger partial charge in [0.1, 0.15) is 16.4 Å². The molecule has 1 N–H and O–H groups in total. The van der Waals surface area contributed by atoms with Crippen molar-refractivity contribution < 1.29 is 5.11 Å². The first-order chi connectivity index (χ1) is 14.0. The van der Waals surface area contributed by atoms with Crippen molar-refractivity contribution in [1.29, 1.82) is 0 Å². The van der Waals surface area contributed by atoms with Crippen molar-refractivity contribution in [1.82, 2.24) is 9.55 Å². The van der Waals surface area contributed by atoms with Gasteiger partial charge in [0.25, 0.3) is 5.56 Å². The molecule has 0 unspecified atom stereocenters. The van der Waals surface area contributed by atoms with E-state index in [9.17, 15) is 9.90 Å². The maximum absolute atomic E-state index is 12.9. The van der Waals surface area contributed by atoms with Crippen LogP contribution >= 0.6 is 27.3 Å². The fourth-order valence-corrected chi connectivity index (χ4v) is 5.29. The standard InChI is InChI=1S/C23H17BrN2O2S/c1-12-13(2)29-23-18(12)22(28)25-21-19(20(27)14-7-9-16(24)10-8-14)17-6-4-3-5-15(17)11-26(21)23/h3-10,27H,11H2,1-2H3/b20-19+. The average molecular weight is 465 g/mol. The van der Waals surface area contributed by atoms with Crippen LogP contribution in [0.4, 0.5) is 0 Å². The Kier molecular flexibility index (Phi) is 4.22. The van der Waals surface area contributed by atoms with Crippen LogP contribution in [-0.2, 0) is 6.54 Å². The van der Waals surface area contributed by atoms with Crippen LogP contribution < -0.4 is 5.56 Å². The first-order valence-electron chi connectivity index (χ1n) is 9.24. The van der Waals surface area contributed by atoms with Crippen LogP contribution in [-0.4, -0.2) is 14.7 Å². The van der Waals surface area contributed by atoms with E-state index in [2.05, 4.69) is 31.5 Å². The predicted molar refractivity (Wildman–Crippen MR) is 122 cm³/mol. The van der Waals surface area contributed by atoms with E-state index in [4.69, 9.17) is 0 Å². The molecule has 1 aliphatic heterocycles. The Balaban J connectivity index is 1.90. The highest BCUT2D eigenvalue weighted by Crippen LogP contribution is 2.39. The number of rotatable bonds is 1. The van der Waals surface area contributed by atoms with Crippen LogP contribution in [0.3, 0.4) is 0 Å². The molecule has 5 rings (SSSR count). The monoisotopic (exact) mass is 464 g/mol. The summed E-state index contributed by atoms with van der Waals surface area (Å²) < 4.78 is 3.00. The van der Waals surface area contributed by atoms with E-state index in [0.717, 1.165) is 30.9 Å². The molecule has 3 heterocycles. The predicted octanol–water partition coefficient (Wildman–Crippen LogP) is 5.67. The van der Waals surface area contributed by atoms with Crippen molar-refractivity contribution in [3.63, 3.8) is 0 Å². The van der Waals surface area contributed by atoms with E-state index in [1.807, 2.05) is 56.3 Å². The van der Waals surface area contributed by atoms with Crippen LogP contribution in [0.25, 0.3) is 21.5 Å². The molecular weight excluding hydrogens is 448 g/mol. The Labute approximate surface area is 179 Å². The van der Waals surface area contributed by atoms with Crippen molar-refractivity contribution >= 4 is 48.8 Å². The van der Waals surface area contributed by atoms with Crippen molar-refractivity contribution in [3.05, 3.63) is 96.3 Å². The van der Waals surface area contributed by atoms with Crippen LogP contribution in [0.2, 0.25) is 0 Å². The number of thiophene rings is 1. The lowest BCUT2D eigenvalue weighted by atomic mass is 9.92. The number of halogens is 1. The number of hydrogen-bond donors (Lipinski definition) is 1. The molecule has 2 aromatic carbocycles. The summed E-state index contributed by atoms with van der Waals surface area (Å²) in [5.41, 5.74) is 4.02. The number of aryl methyl sites for hydroxylation is 2. The third-order valence-electron chi connectivity index (χ3n) is 5.48. The Hall–Kier alpha value is -2.70. The van der Waals surface area contributed by atoms with E-state index in [1.165, 1.54) is 0 Å². The number of benzene rings is 2. The first kappa shape index (κ1) is 18.3. The lowest BCUT2D eigenvalue weighted by Gasteiger charge is -2.25. The van der Waals surface area contributed by atoms with Gasteiger partial charge in [0.15, 0.2) is 0 Å². The second kappa shape index (κ2) is 6.68. The first-order valence-corrected chi connectivity index (χ1v) is 10.8. The van der Waals surface area contributed by atoms with Gasteiger partial charge in [-0.1, -0.05) is 52.3 Å². The van der Waals surface area contributed by atoms with Crippen LogP contribution in [0.15, 0.2) is 57.8 Å². The molecule has 0 spiro atoms. The number of aliphatic hydroxyl groups is 1. The number of aliphatic hydroxyl groups excluding tert-OH is 1. The fraction of sp³-hybridized carbons (Fsp3) is 0.130. The minimum atomic E-state index is -0.242. The summed E-state index contributed by atoms with van der Waals surface area (Å²) in [7, 11) is 0. The summed E-state index contributed by atoms with van der Waals surface area (Å²) in [6.07, 6.45) is 0. The highest BCUT2D eigenvalue weighted by Gasteiger charge is 2.28. The Morgan fingerprint density at radius 1 is 1.14 bits per heavy atom. The van der Waals surface area contributed by atoms with E-state index in [-0.39, 0.29) is 11.3 Å². The van der Waals surface area contributed by atoms with Gasteiger partial charge in [0.2, 0.25) is 0 Å². The summed E-state index contributed by atoms with van der Waals surface area (Å²) in [6.45, 7) is 4.61. The molecule has 0 amide bonds. The van der Waals surface area contributed by atoms with Crippen molar-refractivity contribution in [2.45, 2.75) is 20.4 Å². The molecule has 0 radical (unpaired) electrons. The summed E-state index contributed by atoms with van der Waals surface area (Å²) in [4.78, 5) is 19.4. The molecule has 0 atom stereocenters. The maximum atomic E-state index is 12.9. The average Bonchev–Trinajstić information content (AvgIpc) is 3.02. The van der Waals surface area contributed by atoms with Gasteiger partial charge >= 0.3 is 0 Å².